The lowest BCUT2D eigenvalue weighted by Crippen LogP contribution is -2.27. The lowest BCUT2D eigenvalue weighted by molar-refractivity contribution is 0.0966. The van der Waals surface area contributed by atoms with Gasteiger partial charge in [0, 0.05) is 49.5 Å². The first-order chi connectivity index (χ1) is 18.4. The number of carbonyl (C=O) groups is 1. The molecule has 1 saturated heterocycles. The molecule has 3 aromatic heterocycles. The number of carbonyl (C=O) groups excluding carboxylic acids is 1. The summed E-state index contributed by atoms with van der Waals surface area (Å²) in [6.07, 6.45) is 4.37. The molecular formula is C29H31FN6O2. The first-order valence-electron chi connectivity index (χ1n) is 13.0. The zero-order chi connectivity index (χ0) is 26.4. The van der Waals surface area contributed by atoms with Gasteiger partial charge in [0.15, 0.2) is 0 Å². The number of ether oxygens (including phenoxy) is 1. The summed E-state index contributed by atoms with van der Waals surface area (Å²) in [4.78, 5) is 24.6. The van der Waals surface area contributed by atoms with Gasteiger partial charge in [-0.15, -0.1) is 0 Å². The van der Waals surface area contributed by atoms with E-state index in [0.717, 1.165) is 48.7 Å². The van der Waals surface area contributed by atoms with Gasteiger partial charge < -0.3 is 15.4 Å². The van der Waals surface area contributed by atoms with Crippen molar-refractivity contribution in [3.05, 3.63) is 77.0 Å². The molecule has 196 valence electrons. The summed E-state index contributed by atoms with van der Waals surface area (Å²) in [7, 11) is 2.10. The zero-order valence-corrected chi connectivity index (χ0v) is 21.8. The molecule has 1 atom stereocenters. The summed E-state index contributed by atoms with van der Waals surface area (Å²) in [5, 5.41) is 6.38. The number of halogens is 1. The Morgan fingerprint density at radius 1 is 1.26 bits per heavy atom. The molecule has 0 radical (unpaired) electrons. The summed E-state index contributed by atoms with van der Waals surface area (Å²) >= 11 is 0. The lowest BCUT2D eigenvalue weighted by atomic mass is 9.96. The van der Waals surface area contributed by atoms with Crippen molar-refractivity contribution in [1.29, 1.82) is 0 Å². The number of amides is 1. The van der Waals surface area contributed by atoms with Crippen LogP contribution in [-0.4, -0.2) is 51.5 Å². The number of rotatable bonds is 7. The van der Waals surface area contributed by atoms with Gasteiger partial charge in [0.25, 0.3) is 5.91 Å². The predicted octanol–water partition coefficient (Wildman–Crippen LogP) is 4.87. The van der Waals surface area contributed by atoms with E-state index in [9.17, 15) is 9.18 Å². The Kier molecular flexibility index (Phi) is 6.33. The summed E-state index contributed by atoms with van der Waals surface area (Å²) < 4.78 is 21.2. The second-order valence-corrected chi connectivity index (χ2v) is 10.3. The highest BCUT2D eigenvalue weighted by atomic mass is 19.1. The Bertz CT molecular complexity index is 1530. The third-order valence-corrected chi connectivity index (χ3v) is 7.64. The fourth-order valence-corrected chi connectivity index (χ4v) is 5.26. The summed E-state index contributed by atoms with van der Waals surface area (Å²) in [5.74, 6) is 0.568. The smallest absolute Gasteiger partial charge is 0.254 e. The Hall–Kier alpha value is -3.82. The molecule has 2 aliphatic heterocycles. The fourth-order valence-electron chi connectivity index (χ4n) is 5.26. The van der Waals surface area contributed by atoms with Crippen LogP contribution in [0.2, 0.25) is 0 Å². The molecule has 0 bridgehead atoms. The molecule has 6 rings (SSSR count). The molecule has 0 saturated carbocycles. The number of anilines is 2. The van der Waals surface area contributed by atoms with Gasteiger partial charge in [0.05, 0.1) is 35.4 Å². The van der Waals surface area contributed by atoms with E-state index in [-0.39, 0.29) is 11.7 Å². The van der Waals surface area contributed by atoms with Gasteiger partial charge in [-0.3, -0.25) is 14.1 Å². The van der Waals surface area contributed by atoms with E-state index in [1.54, 1.807) is 12.4 Å². The van der Waals surface area contributed by atoms with Crippen LogP contribution in [0.15, 0.2) is 48.8 Å². The number of benzene rings is 1. The first kappa shape index (κ1) is 24.5. The third kappa shape index (κ3) is 4.41. The average Bonchev–Trinajstić information content (AvgIpc) is 3.65. The van der Waals surface area contributed by atoms with Crippen LogP contribution in [0.25, 0.3) is 16.9 Å². The molecule has 38 heavy (non-hydrogen) atoms. The molecule has 8 nitrogen and oxygen atoms in total. The number of aromatic nitrogens is 3. The molecule has 0 aliphatic carbocycles. The standard InChI is InChI=1S/C29H31FN6O2/c1-17(2)35(3)15-24-20(18-9-11-38-16-18)5-7-26(34-24)33-23-6-4-21(22-13-32-29(37)28(22)23)25-14-31-27-12-19(30)8-10-36(25)27/h4-8,10,12,14,17-18H,9,11,13,15-16H2,1-3H3,(H,32,37)(H,33,34). The van der Waals surface area contributed by atoms with Crippen molar-refractivity contribution in [2.75, 3.05) is 25.6 Å². The van der Waals surface area contributed by atoms with Gasteiger partial charge in [-0.25, -0.2) is 14.4 Å². The second-order valence-electron chi connectivity index (χ2n) is 10.3. The normalized spacial score (nSPS) is 17.0. The zero-order valence-electron chi connectivity index (χ0n) is 21.8. The van der Waals surface area contributed by atoms with E-state index in [1.165, 1.54) is 17.7 Å². The molecule has 4 aromatic rings. The van der Waals surface area contributed by atoms with E-state index in [0.29, 0.717) is 41.2 Å². The largest absolute Gasteiger partial charge is 0.381 e. The topological polar surface area (TPSA) is 83.8 Å². The summed E-state index contributed by atoms with van der Waals surface area (Å²) in [5.41, 5.74) is 6.63. The minimum absolute atomic E-state index is 0.135. The van der Waals surface area contributed by atoms with Gasteiger partial charge >= 0.3 is 0 Å². The van der Waals surface area contributed by atoms with Crippen LogP contribution in [0.5, 0.6) is 0 Å². The van der Waals surface area contributed by atoms with Crippen molar-refractivity contribution in [2.45, 2.75) is 45.3 Å². The van der Waals surface area contributed by atoms with Crippen molar-refractivity contribution in [3.8, 4) is 11.3 Å². The number of nitrogens with zero attached hydrogens (tertiary/aromatic N) is 4. The van der Waals surface area contributed by atoms with Crippen LogP contribution in [0.1, 0.15) is 53.4 Å². The highest BCUT2D eigenvalue weighted by Gasteiger charge is 2.28. The van der Waals surface area contributed by atoms with Crippen molar-refractivity contribution in [1.82, 2.24) is 24.6 Å². The van der Waals surface area contributed by atoms with Crippen molar-refractivity contribution in [2.24, 2.45) is 0 Å². The average molecular weight is 515 g/mol. The van der Waals surface area contributed by atoms with Gasteiger partial charge in [-0.2, -0.15) is 0 Å². The van der Waals surface area contributed by atoms with E-state index in [1.807, 2.05) is 22.6 Å². The lowest BCUT2D eigenvalue weighted by Gasteiger charge is -2.24. The minimum Gasteiger partial charge on any atom is -0.381 e. The summed E-state index contributed by atoms with van der Waals surface area (Å²) in [6, 6.07) is 11.2. The number of fused-ring (bicyclic) bond motifs is 2. The Morgan fingerprint density at radius 2 is 2.13 bits per heavy atom. The quantitative estimate of drug-likeness (QED) is 0.366. The van der Waals surface area contributed by atoms with E-state index >= 15 is 0 Å². The molecule has 2 aliphatic rings. The maximum Gasteiger partial charge on any atom is 0.254 e. The fraction of sp³-hybridized carbons (Fsp3) is 0.345. The van der Waals surface area contributed by atoms with E-state index < -0.39 is 0 Å². The molecule has 9 heteroatoms. The van der Waals surface area contributed by atoms with E-state index in [4.69, 9.17) is 9.72 Å². The minimum atomic E-state index is -0.339. The van der Waals surface area contributed by atoms with Gasteiger partial charge in [-0.1, -0.05) is 12.1 Å². The van der Waals surface area contributed by atoms with Crippen LogP contribution in [0.4, 0.5) is 15.9 Å². The van der Waals surface area contributed by atoms with Crippen LogP contribution in [0.3, 0.4) is 0 Å². The number of nitrogens with one attached hydrogen (secondary N) is 2. The molecule has 5 heterocycles. The first-order valence-corrected chi connectivity index (χ1v) is 13.0. The van der Waals surface area contributed by atoms with Gasteiger partial charge in [0.1, 0.15) is 17.3 Å². The molecule has 1 fully saturated rings. The number of hydrogen-bond donors (Lipinski definition) is 2. The monoisotopic (exact) mass is 514 g/mol. The predicted molar refractivity (Wildman–Crippen MR) is 144 cm³/mol. The molecular weight excluding hydrogens is 483 g/mol. The van der Waals surface area contributed by atoms with Crippen LogP contribution < -0.4 is 10.6 Å². The Morgan fingerprint density at radius 3 is 2.92 bits per heavy atom. The molecule has 0 spiro atoms. The third-order valence-electron chi connectivity index (χ3n) is 7.64. The number of imidazole rings is 1. The second kappa shape index (κ2) is 9.81. The highest BCUT2D eigenvalue weighted by molar-refractivity contribution is 6.06. The van der Waals surface area contributed by atoms with Crippen molar-refractivity contribution < 1.29 is 13.9 Å². The summed E-state index contributed by atoms with van der Waals surface area (Å²) in [6.45, 7) is 6.97. The molecule has 1 unspecified atom stereocenters. The highest BCUT2D eigenvalue weighted by Crippen LogP contribution is 2.36. The molecule has 1 amide bonds. The SMILES string of the molecule is CC(C)N(C)Cc1nc(Nc2ccc(-c3cnc4cc(F)ccn34)c3c2C(=O)NC3)ccc1C1CCOC1. The maximum atomic E-state index is 13.7. The van der Waals surface area contributed by atoms with E-state index in [2.05, 4.69) is 47.5 Å². The Balaban J connectivity index is 1.37. The van der Waals surface area contributed by atoms with Crippen LogP contribution in [0, 0.1) is 5.82 Å². The van der Waals surface area contributed by atoms with Gasteiger partial charge in [-0.05, 0) is 56.6 Å². The van der Waals surface area contributed by atoms with Crippen molar-refractivity contribution >= 4 is 23.1 Å². The maximum absolute atomic E-state index is 13.7. The Labute approximate surface area is 220 Å². The molecule has 1 aromatic carbocycles. The van der Waals surface area contributed by atoms with Gasteiger partial charge in [0.2, 0.25) is 0 Å². The number of pyridine rings is 2. The van der Waals surface area contributed by atoms with Crippen LogP contribution >= 0.6 is 0 Å². The van der Waals surface area contributed by atoms with Crippen molar-refractivity contribution in [3.63, 3.8) is 0 Å². The number of hydrogen-bond acceptors (Lipinski definition) is 6. The molecule has 2 N–H and O–H groups in total. The van der Waals surface area contributed by atoms with Crippen LogP contribution in [-0.2, 0) is 17.8 Å².